The first-order valence-corrected chi connectivity index (χ1v) is 4.89. The van der Waals surface area contributed by atoms with E-state index < -0.39 is 11.8 Å². The highest BCUT2D eigenvalue weighted by Crippen LogP contribution is 2.12. The molecule has 0 spiro atoms. The molecule has 18 heavy (non-hydrogen) atoms. The minimum Gasteiger partial charge on any atom is -0.507 e. The summed E-state index contributed by atoms with van der Waals surface area (Å²) in [6.45, 7) is 0. The molecule has 0 unspecified atom stereocenters. The van der Waals surface area contributed by atoms with Crippen molar-refractivity contribution in [2.45, 2.75) is 0 Å². The van der Waals surface area contributed by atoms with Crippen LogP contribution in [0.1, 0.15) is 11.1 Å². The van der Waals surface area contributed by atoms with Crippen LogP contribution in [-0.2, 0) is 9.59 Å². The lowest BCUT2D eigenvalue weighted by Crippen LogP contribution is -2.08. The summed E-state index contributed by atoms with van der Waals surface area (Å²) in [4.78, 5) is 20.9. The normalized spacial score (nSPS) is 11.2. The molecule has 0 aliphatic heterocycles. The summed E-state index contributed by atoms with van der Waals surface area (Å²) in [6.07, 6.45) is 3.18. The topological polar surface area (TPSA) is 98.4 Å². The van der Waals surface area contributed by atoms with Crippen molar-refractivity contribution in [3.63, 3.8) is 0 Å². The van der Waals surface area contributed by atoms with E-state index in [1.54, 1.807) is 0 Å². The predicted octanol–water partition coefficient (Wildman–Crippen LogP) is 1.67. The van der Waals surface area contributed by atoms with E-state index in [1.165, 1.54) is 30.3 Å². The number of aliphatic carboxylic acids is 1. The van der Waals surface area contributed by atoms with Gasteiger partial charge >= 0.3 is 5.97 Å². The molecular formula is C13H9NO4. The van der Waals surface area contributed by atoms with Crippen molar-refractivity contribution in [1.82, 2.24) is 0 Å². The van der Waals surface area contributed by atoms with Crippen LogP contribution >= 0.6 is 0 Å². The number of benzene rings is 1. The highest BCUT2D eigenvalue weighted by atomic mass is 16.4. The Bertz CT molecular complexity index is 562. The van der Waals surface area contributed by atoms with Gasteiger partial charge in [0.1, 0.15) is 5.76 Å². The van der Waals surface area contributed by atoms with Crippen LogP contribution in [0.3, 0.4) is 0 Å². The highest BCUT2D eigenvalue weighted by Gasteiger charge is 2.04. The highest BCUT2D eigenvalue weighted by molar-refractivity contribution is 6.37. The molecule has 0 heterocycles. The van der Waals surface area contributed by atoms with E-state index in [-0.39, 0.29) is 5.76 Å². The average Bonchev–Trinajstić information content (AvgIpc) is 2.38. The number of hydrogen-bond acceptors (Lipinski definition) is 4. The Morgan fingerprint density at radius 1 is 1.17 bits per heavy atom. The molecule has 1 rings (SSSR count). The molecule has 90 valence electrons. The number of nitriles is 1. The molecule has 0 saturated carbocycles. The van der Waals surface area contributed by atoms with Gasteiger partial charge in [-0.1, -0.05) is 6.08 Å². The molecule has 5 heteroatoms. The fraction of sp³-hybridized carbons (Fsp3) is 0. The fourth-order valence-corrected chi connectivity index (χ4v) is 1.11. The Labute approximate surface area is 103 Å². The van der Waals surface area contributed by atoms with Gasteiger partial charge in [0.25, 0.3) is 5.78 Å². The van der Waals surface area contributed by atoms with Crippen LogP contribution in [0.2, 0.25) is 0 Å². The third-order valence-corrected chi connectivity index (χ3v) is 2.02. The van der Waals surface area contributed by atoms with Crippen molar-refractivity contribution >= 4 is 17.5 Å². The smallest absolute Gasteiger partial charge is 0.376 e. The molecule has 0 atom stereocenters. The maximum Gasteiger partial charge on any atom is 0.376 e. The number of carbonyl (C=O) groups excluding carboxylic acids is 1. The SMILES string of the molecule is N#Cc1ccc(/C(O)=C/C=C/C(=O)C(=O)O)cc1. The second kappa shape index (κ2) is 6.01. The Hall–Kier alpha value is -2.87. The van der Waals surface area contributed by atoms with Crippen molar-refractivity contribution in [1.29, 1.82) is 5.26 Å². The van der Waals surface area contributed by atoms with Crippen LogP contribution in [0.25, 0.3) is 5.76 Å². The van der Waals surface area contributed by atoms with Crippen LogP contribution < -0.4 is 0 Å². The van der Waals surface area contributed by atoms with E-state index in [0.717, 1.165) is 12.2 Å². The number of hydrogen-bond donors (Lipinski definition) is 2. The van der Waals surface area contributed by atoms with Crippen molar-refractivity contribution in [2.75, 3.05) is 0 Å². The molecule has 1 aromatic rings. The first-order valence-electron chi connectivity index (χ1n) is 4.89. The third kappa shape index (κ3) is 3.61. The number of carboxylic acids is 1. The summed E-state index contributed by atoms with van der Waals surface area (Å²) in [5.74, 6) is -2.76. The van der Waals surface area contributed by atoms with Crippen LogP contribution in [0.5, 0.6) is 0 Å². The summed E-state index contributed by atoms with van der Waals surface area (Å²) in [6, 6.07) is 8.08. The Kier molecular flexibility index (Phi) is 4.41. The summed E-state index contributed by atoms with van der Waals surface area (Å²) in [5.41, 5.74) is 0.921. The molecule has 0 aromatic heterocycles. The largest absolute Gasteiger partial charge is 0.507 e. The maximum atomic E-state index is 10.7. The van der Waals surface area contributed by atoms with E-state index in [9.17, 15) is 14.7 Å². The van der Waals surface area contributed by atoms with Gasteiger partial charge in [0, 0.05) is 5.56 Å². The van der Waals surface area contributed by atoms with Gasteiger partial charge in [0.05, 0.1) is 11.6 Å². The summed E-state index contributed by atoms with van der Waals surface area (Å²) in [7, 11) is 0. The molecule has 0 fully saturated rings. The lowest BCUT2D eigenvalue weighted by atomic mass is 10.1. The van der Waals surface area contributed by atoms with Crippen molar-refractivity contribution in [3.8, 4) is 6.07 Å². The van der Waals surface area contributed by atoms with Gasteiger partial charge in [-0.05, 0) is 36.4 Å². The number of rotatable bonds is 4. The van der Waals surface area contributed by atoms with Crippen LogP contribution in [0.15, 0.2) is 42.5 Å². The number of ketones is 1. The maximum absolute atomic E-state index is 10.7. The van der Waals surface area contributed by atoms with Gasteiger partial charge in [-0.15, -0.1) is 0 Å². The number of aliphatic hydroxyl groups is 1. The molecule has 0 aliphatic carbocycles. The monoisotopic (exact) mass is 243 g/mol. The number of nitrogens with zero attached hydrogens (tertiary/aromatic N) is 1. The molecule has 1 aromatic carbocycles. The number of carboxylic acid groups (broad SMARTS) is 1. The van der Waals surface area contributed by atoms with E-state index in [0.29, 0.717) is 11.1 Å². The lowest BCUT2D eigenvalue weighted by Gasteiger charge is -1.98. The third-order valence-electron chi connectivity index (χ3n) is 2.02. The van der Waals surface area contributed by atoms with Gasteiger partial charge in [-0.3, -0.25) is 4.79 Å². The van der Waals surface area contributed by atoms with E-state index in [4.69, 9.17) is 10.4 Å². The zero-order chi connectivity index (χ0) is 13.5. The summed E-state index contributed by atoms with van der Waals surface area (Å²) < 4.78 is 0. The lowest BCUT2D eigenvalue weighted by molar-refractivity contribution is -0.146. The average molecular weight is 243 g/mol. The summed E-state index contributed by atoms with van der Waals surface area (Å²) >= 11 is 0. The second-order valence-electron chi connectivity index (χ2n) is 3.27. The minimum absolute atomic E-state index is 0.131. The Balaban J connectivity index is 2.80. The van der Waals surface area contributed by atoms with Crippen molar-refractivity contribution < 1.29 is 19.8 Å². The fourth-order valence-electron chi connectivity index (χ4n) is 1.11. The van der Waals surface area contributed by atoms with Crippen LogP contribution in [-0.4, -0.2) is 22.0 Å². The number of carbonyl (C=O) groups is 2. The molecule has 5 nitrogen and oxygen atoms in total. The first kappa shape index (κ1) is 13.2. The van der Waals surface area contributed by atoms with Crippen LogP contribution in [0, 0.1) is 11.3 Å². The second-order valence-corrected chi connectivity index (χ2v) is 3.27. The quantitative estimate of drug-likeness (QED) is 0.362. The molecule has 0 amide bonds. The van der Waals surface area contributed by atoms with Gasteiger partial charge in [0.15, 0.2) is 0 Å². The minimum atomic E-state index is -1.56. The standard InChI is InChI=1S/C13H9NO4/c14-8-9-4-6-10(7-5-9)11(15)2-1-3-12(16)13(17)18/h1-7,15H,(H,17,18)/b3-1+,11-2-. The van der Waals surface area contributed by atoms with Gasteiger partial charge in [-0.25, -0.2) is 4.79 Å². The van der Waals surface area contributed by atoms with Crippen molar-refractivity contribution in [3.05, 3.63) is 53.6 Å². The molecule has 2 N–H and O–H groups in total. The van der Waals surface area contributed by atoms with E-state index >= 15 is 0 Å². The molecule has 0 bridgehead atoms. The molecular weight excluding hydrogens is 234 g/mol. The van der Waals surface area contributed by atoms with Crippen molar-refractivity contribution in [2.24, 2.45) is 0 Å². The zero-order valence-corrected chi connectivity index (χ0v) is 9.20. The van der Waals surface area contributed by atoms with Gasteiger partial charge in [-0.2, -0.15) is 5.26 Å². The summed E-state index contributed by atoms with van der Waals surface area (Å²) in [5, 5.41) is 26.5. The Morgan fingerprint density at radius 2 is 1.78 bits per heavy atom. The molecule has 0 aliphatic rings. The zero-order valence-electron chi connectivity index (χ0n) is 9.20. The predicted molar refractivity (Wildman–Crippen MR) is 63.5 cm³/mol. The van der Waals surface area contributed by atoms with Gasteiger partial charge < -0.3 is 10.2 Å². The Morgan fingerprint density at radius 3 is 2.28 bits per heavy atom. The van der Waals surface area contributed by atoms with Crippen LogP contribution in [0.4, 0.5) is 0 Å². The first-order chi connectivity index (χ1) is 8.54. The number of allylic oxidation sites excluding steroid dienone is 2. The van der Waals surface area contributed by atoms with Gasteiger partial charge in [0.2, 0.25) is 0 Å². The molecule has 0 radical (unpaired) electrons. The number of aliphatic hydroxyl groups excluding tert-OH is 1. The molecule has 0 saturated heterocycles. The van der Waals surface area contributed by atoms with E-state index in [1.807, 2.05) is 6.07 Å². The van der Waals surface area contributed by atoms with E-state index in [2.05, 4.69) is 0 Å².